The van der Waals surface area contributed by atoms with Crippen LogP contribution in [0.2, 0.25) is 0 Å². The number of aryl methyl sites for hydroxylation is 1. The van der Waals surface area contributed by atoms with E-state index in [1.165, 1.54) is 25.7 Å². The summed E-state index contributed by atoms with van der Waals surface area (Å²) < 4.78 is 0. The quantitative estimate of drug-likeness (QED) is 0.893. The zero-order valence-corrected chi connectivity index (χ0v) is 11.6. The number of hydrogen-bond acceptors (Lipinski definition) is 4. The summed E-state index contributed by atoms with van der Waals surface area (Å²) in [7, 11) is 2.07. The van der Waals surface area contributed by atoms with Crippen LogP contribution in [-0.2, 0) is 6.61 Å². The second kappa shape index (κ2) is 5.65. The average molecular weight is 249 g/mol. The smallest absolute Gasteiger partial charge is 0.225 e. The van der Waals surface area contributed by atoms with Crippen LogP contribution in [0.5, 0.6) is 0 Å². The fourth-order valence-corrected chi connectivity index (χ4v) is 2.77. The molecule has 0 spiro atoms. The molecule has 0 saturated heterocycles. The summed E-state index contributed by atoms with van der Waals surface area (Å²) in [4.78, 5) is 11.1. The van der Waals surface area contributed by atoms with Crippen molar-refractivity contribution in [3.8, 4) is 0 Å². The summed E-state index contributed by atoms with van der Waals surface area (Å²) in [6, 6.07) is 2.36. The molecule has 0 amide bonds. The van der Waals surface area contributed by atoms with Crippen molar-refractivity contribution in [3.63, 3.8) is 0 Å². The molecule has 1 aliphatic carbocycles. The number of anilines is 1. The first kappa shape index (κ1) is 13.3. The summed E-state index contributed by atoms with van der Waals surface area (Å²) in [5.74, 6) is 1.53. The fraction of sp³-hybridized carbons (Fsp3) is 0.714. The van der Waals surface area contributed by atoms with Crippen molar-refractivity contribution in [2.24, 2.45) is 5.92 Å². The molecule has 0 radical (unpaired) electrons. The Morgan fingerprint density at radius 1 is 1.39 bits per heavy atom. The molecular weight excluding hydrogens is 226 g/mol. The third kappa shape index (κ3) is 2.99. The lowest BCUT2D eigenvalue weighted by molar-refractivity contribution is 0.276. The molecule has 1 aliphatic rings. The van der Waals surface area contributed by atoms with Crippen LogP contribution in [0.25, 0.3) is 0 Å². The lowest BCUT2D eigenvalue weighted by Gasteiger charge is -2.34. The number of rotatable bonds is 3. The van der Waals surface area contributed by atoms with Gasteiger partial charge in [-0.3, -0.25) is 0 Å². The summed E-state index contributed by atoms with van der Waals surface area (Å²) >= 11 is 0. The normalized spacial score (nSPS) is 24.0. The average Bonchev–Trinajstić information content (AvgIpc) is 2.37. The topological polar surface area (TPSA) is 49.3 Å². The largest absolute Gasteiger partial charge is 0.390 e. The van der Waals surface area contributed by atoms with Crippen LogP contribution < -0.4 is 4.90 Å². The predicted molar refractivity (Wildman–Crippen MR) is 72.5 cm³/mol. The Morgan fingerprint density at radius 3 is 2.83 bits per heavy atom. The van der Waals surface area contributed by atoms with Gasteiger partial charge in [0.05, 0.1) is 12.3 Å². The Balaban J connectivity index is 2.16. The van der Waals surface area contributed by atoms with Crippen LogP contribution >= 0.6 is 0 Å². The highest BCUT2D eigenvalue weighted by Crippen LogP contribution is 2.28. The highest BCUT2D eigenvalue weighted by molar-refractivity contribution is 5.32. The molecule has 18 heavy (non-hydrogen) atoms. The van der Waals surface area contributed by atoms with E-state index in [1.54, 1.807) is 0 Å². The van der Waals surface area contributed by atoms with E-state index in [0.717, 1.165) is 17.6 Å². The van der Waals surface area contributed by atoms with Crippen molar-refractivity contribution in [1.82, 2.24) is 9.97 Å². The van der Waals surface area contributed by atoms with Crippen molar-refractivity contribution in [3.05, 3.63) is 17.5 Å². The SMILES string of the molecule is Cc1cc(CO)nc(N(C)C2CCCC(C)C2)n1. The third-order valence-corrected chi connectivity index (χ3v) is 3.83. The Bertz CT molecular complexity index is 408. The lowest BCUT2D eigenvalue weighted by Crippen LogP contribution is -2.36. The van der Waals surface area contributed by atoms with Gasteiger partial charge in [-0.2, -0.15) is 0 Å². The first-order valence-electron chi connectivity index (χ1n) is 6.78. The molecule has 2 rings (SSSR count). The van der Waals surface area contributed by atoms with E-state index in [9.17, 15) is 5.11 Å². The minimum absolute atomic E-state index is 0.0226. The van der Waals surface area contributed by atoms with Gasteiger partial charge in [0.15, 0.2) is 0 Å². The van der Waals surface area contributed by atoms with E-state index in [-0.39, 0.29) is 6.61 Å². The van der Waals surface area contributed by atoms with E-state index >= 15 is 0 Å². The number of aliphatic hydroxyl groups excluding tert-OH is 1. The van der Waals surface area contributed by atoms with Crippen LogP contribution in [0.15, 0.2) is 6.07 Å². The third-order valence-electron chi connectivity index (χ3n) is 3.83. The molecule has 1 fully saturated rings. The van der Waals surface area contributed by atoms with Gasteiger partial charge in [0.1, 0.15) is 0 Å². The molecule has 4 heteroatoms. The Kier molecular flexibility index (Phi) is 4.17. The number of nitrogens with zero attached hydrogens (tertiary/aromatic N) is 3. The highest BCUT2D eigenvalue weighted by Gasteiger charge is 2.24. The minimum Gasteiger partial charge on any atom is -0.390 e. The Labute approximate surface area is 109 Å². The van der Waals surface area contributed by atoms with Gasteiger partial charge >= 0.3 is 0 Å². The van der Waals surface area contributed by atoms with Gasteiger partial charge in [-0.25, -0.2) is 9.97 Å². The van der Waals surface area contributed by atoms with Gasteiger partial charge in [-0.05, 0) is 31.7 Å². The minimum atomic E-state index is -0.0226. The second-order valence-electron chi connectivity index (χ2n) is 5.50. The van der Waals surface area contributed by atoms with E-state index in [0.29, 0.717) is 11.7 Å². The Morgan fingerprint density at radius 2 is 2.17 bits per heavy atom. The van der Waals surface area contributed by atoms with Crippen LogP contribution in [-0.4, -0.2) is 28.2 Å². The maximum absolute atomic E-state index is 9.21. The van der Waals surface area contributed by atoms with Crippen molar-refractivity contribution in [1.29, 1.82) is 0 Å². The maximum Gasteiger partial charge on any atom is 0.225 e. The number of aromatic nitrogens is 2. The molecule has 2 atom stereocenters. The van der Waals surface area contributed by atoms with Crippen LogP contribution in [0.4, 0.5) is 5.95 Å². The molecule has 2 unspecified atom stereocenters. The van der Waals surface area contributed by atoms with Crippen molar-refractivity contribution in [2.75, 3.05) is 11.9 Å². The van der Waals surface area contributed by atoms with Gasteiger partial charge in [-0.15, -0.1) is 0 Å². The lowest BCUT2D eigenvalue weighted by atomic mass is 9.86. The highest BCUT2D eigenvalue weighted by atomic mass is 16.3. The standard InChI is InChI=1S/C14H23N3O/c1-10-5-4-6-13(7-10)17(3)14-15-11(2)8-12(9-18)16-14/h8,10,13,18H,4-7,9H2,1-3H3. The first-order chi connectivity index (χ1) is 8.60. The van der Waals surface area contributed by atoms with E-state index in [4.69, 9.17) is 0 Å². The summed E-state index contributed by atoms with van der Waals surface area (Å²) in [5, 5.41) is 9.21. The van der Waals surface area contributed by atoms with Crippen LogP contribution in [0, 0.1) is 12.8 Å². The van der Waals surface area contributed by atoms with Crippen molar-refractivity contribution in [2.45, 2.75) is 52.2 Å². The molecule has 1 aromatic rings. The molecular formula is C14H23N3O. The van der Waals surface area contributed by atoms with Crippen molar-refractivity contribution < 1.29 is 5.11 Å². The Hall–Kier alpha value is -1.16. The van der Waals surface area contributed by atoms with E-state index in [1.807, 2.05) is 13.0 Å². The number of aliphatic hydroxyl groups is 1. The molecule has 0 aromatic carbocycles. The van der Waals surface area contributed by atoms with Gasteiger partial charge in [0, 0.05) is 18.8 Å². The van der Waals surface area contributed by atoms with Gasteiger partial charge in [0.25, 0.3) is 0 Å². The zero-order valence-electron chi connectivity index (χ0n) is 11.6. The fourth-order valence-electron chi connectivity index (χ4n) is 2.77. The maximum atomic E-state index is 9.21. The van der Waals surface area contributed by atoms with Gasteiger partial charge in [0.2, 0.25) is 5.95 Å². The molecule has 100 valence electrons. The summed E-state index contributed by atoms with van der Waals surface area (Å²) in [6.45, 7) is 4.24. The summed E-state index contributed by atoms with van der Waals surface area (Å²) in [6.07, 6.45) is 5.05. The van der Waals surface area contributed by atoms with E-state index in [2.05, 4.69) is 28.8 Å². The molecule has 0 aliphatic heterocycles. The van der Waals surface area contributed by atoms with Gasteiger partial charge in [-0.1, -0.05) is 19.8 Å². The molecule has 4 nitrogen and oxygen atoms in total. The molecule has 1 N–H and O–H groups in total. The first-order valence-corrected chi connectivity index (χ1v) is 6.78. The molecule has 1 saturated carbocycles. The zero-order chi connectivity index (χ0) is 13.1. The van der Waals surface area contributed by atoms with Crippen LogP contribution in [0.1, 0.15) is 44.0 Å². The molecule has 1 aromatic heterocycles. The molecule has 1 heterocycles. The van der Waals surface area contributed by atoms with Crippen LogP contribution in [0.3, 0.4) is 0 Å². The predicted octanol–water partition coefficient (Wildman–Crippen LogP) is 2.29. The monoisotopic (exact) mass is 249 g/mol. The van der Waals surface area contributed by atoms with Gasteiger partial charge < -0.3 is 10.0 Å². The summed E-state index contributed by atoms with van der Waals surface area (Å²) in [5.41, 5.74) is 1.62. The second-order valence-corrected chi connectivity index (χ2v) is 5.50. The van der Waals surface area contributed by atoms with E-state index < -0.39 is 0 Å². The number of hydrogen-bond donors (Lipinski definition) is 1. The molecule has 0 bridgehead atoms. The van der Waals surface area contributed by atoms with Crippen molar-refractivity contribution >= 4 is 5.95 Å².